The van der Waals surface area contributed by atoms with Crippen LogP contribution in [0.3, 0.4) is 0 Å². The highest BCUT2D eigenvalue weighted by Crippen LogP contribution is 2.26. The molecule has 0 spiro atoms. The molecule has 0 saturated carbocycles. The largest absolute Gasteiger partial charge is 0.326 e. The van der Waals surface area contributed by atoms with Crippen LogP contribution in [0.4, 0.5) is 5.69 Å². The van der Waals surface area contributed by atoms with Crippen LogP contribution in [-0.4, -0.2) is 15.9 Å². The molecule has 0 aliphatic heterocycles. The molecule has 0 saturated heterocycles. The van der Waals surface area contributed by atoms with Gasteiger partial charge in [-0.3, -0.25) is 4.79 Å². The van der Waals surface area contributed by atoms with Crippen LogP contribution in [0.2, 0.25) is 10.0 Å². The molecular formula is C16H13Cl2N3O2. The number of imidazole rings is 1. The van der Waals surface area contributed by atoms with Crippen molar-refractivity contribution in [2.45, 2.75) is 12.8 Å². The van der Waals surface area contributed by atoms with Crippen LogP contribution in [0.15, 0.2) is 41.2 Å². The van der Waals surface area contributed by atoms with Gasteiger partial charge >= 0.3 is 5.69 Å². The quantitative estimate of drug-likeness (QED) is 0.670. The minimum atomic E-state index is -0.279. The lowest BCUT2D eigenvalue weighted by molar-refractivity contribution is -0.116. The van der Waals surface area contributed by atoms with Gasteiger partial charge in [0.15, 0.2) is 0 Å². The van der Waals surface area contributed by atoms with E-state index in [2.05, 4.69) is 15.3 Å². The maximum atomic E-state index is 12.1. The zero-order chi connectivity index (χ0) is 16.4. The Bertz CT molecular complexity index is 930. The van der Waals surface area contributed by atoms with Gasteiger partial charge in [0.05, 0.1) is 21.1 Å². The molecule has 23 heavy (non-hydrogen) atoms. The number of nitrogens with one attached hydrogen (secondary N) is 3. The Kier molecular flexibility index (Phi) is 4.41. The minimum Gasteiger partial charge on any atom is -0.326 e. The molecule has 0 radical (unpaired) electrons. The molecule has 1 aromatic heterocycles. The predicted octanol–water partition coefficient (Wildman–Crippen LogP) is 3.73. The topological polar surface area (TPSA) is 77.8 Å². The second-order valence-corrected chi connectivity index (χ2v) is 5.89. The fraction of sp³-hybridized carbons (Fsp3) is 0.125. The first kappa shape index (κ1) is 15.6. The van der Waals surface area contributed by atoms with E-state index in [-0.39, 0.29) is 18.0 Å². The van der Waals surface area contributed by atoms with Crippen molar-refractivity contribution in [3.05, 3.63) is 62.5 Å². The molecule has 0 unspecified atom stereocenters. The van der Waals surface area contributed by atoms with Crippen LogP contribution in [-0.2, 0) is 11.2 Å². The maximum absolute atomic E-state index is 12.1. The van der Waals surface area contributed by atoms with Gasteiger partial charge < -0.3 is 15.3 Å². The normalized spacial score (nSPS) is 10.9. The second kappa shape index (κ2) is 6.48. The lowest BCUT2D eigenvalue weighted by Gasteiger charge is -2.07. The lowest BCUT2D eigenvalue weighted by atomic mass is 10.1. The van der Waals surface area contributed by atoms with E-state index in [0.717, 1.165) is 5.56 Å². The first-order chi connectivity index (χ1) is 11.0. The minimum absolute atomic E-state index is 0.140. The summed E-state index contributed by atoms with van der Waals surface area (Å²) < 4.78 is 0. The van der Waals surface area contributed by atoms with Crippen LogP contribution in [0.5, 0.6) is 0 Å². The fourth-order valence-corrected chi connectivity index (χ4v) is 2.74. The molecule has 0 aliphatic rings. The zero-order valence-electron chi connectivity index (χ0n) is 12.0. The molecule has 118 valence electrons. The number of carbonyl (C=O) groups excluding carboxylic acids is 1. The molecule has 0 atom stereocenters. The van der Waals surface area contributed by atoms with Crippen molar-refractivity contribution in [3.8, 4) is 0 Å². The highest BCUT2D eigenvalue weighted by molar-refractivity contribution is 6.42. The number of hydrogen-bond acceptors (Lipinski definition) is 2. The predicted molar refractivity (Wildman–Crippen MR) is 92.3 cm³/mol. The number of halogens is 2. The van der Waals surface area contributed by atoms with Gasteiger partial charge in [-0.25, -0.2) is 4.79 Å². The molecule has 2 aromatic carbocycles. The van der Waals surface area contributed by atoms with Crippen molar-refractivity contribution in [1.82, 2.24) is 9.97 Å². The maximum Gasteiger partial charge on any atom is 0.323 e. The number of hydrogen-bond donors (Lipinski definition) is 3. The van der Waals surface area contributed by atoms with Crippen LogP contribution in [0.1, 0.15) is 12.0 Å². The summed E-state index contributed by atoms with van der Waals surface area (Å²) in [5.74, 6) is -0.140. The average molecular weight is 350 g/mol. The smallest absolute Gasteiger partial charge is 0.323 e. The zero-order valence-corrected chi connectivity index (χ0v) is 13.5. The summed E-state index contributed by atoms with van der Waals surface area (Å²) in [4.78, 5) is 28.6. The molecule has 1 amide bonds. The van der Waals surface area contributed by atoms with Gasteiger partial charge in [-0.05, 0) is 36.2 Å². The molecule has 0 aliphatic carbocycles. The monoisotopic (exact) mass is 349 g/mol. The third-order valence-corrected chi connectivity index (χ3v) is 4.31. The van der Waals surface area contributed by atoms with Crippen molar-refractivity contribution in [1.29, 1.82) is 0 Å². The van der Waals surface area contributed by atoms with E-state index < -0.39 is 0 Å². The number of benzene rings is 2. The van der Waals surface area contributed by atoms with E-state index in [1.54, 1.807) is 30.3 Å². The lowest BCUT2D eigenvalue weighted by Crippen LogP contribution is -2.12. The summed E-state index contributed by atoms with van der Waals surface area (Å²) >= 11 is 12.1. The van der Waals surface area contributed by atoms with Gasteiger partial charge in [-0.2, -0.15) is 0 Å². The van der Waals surface area contributed by atoms with E-state index in [1.165, 1.54) is 0 Å². The Morgan fingerprint density at radius 3 is 2.70 bits per heavy atom. The van der Waals surface area contributed by atoms with Crippen LogP contribution in [0.25, 0.3) is 11.0 Å². The van der Waals surface area contributed by atoms with E-state index in [4.69, 9.17) is 23.2 Å². The number of aromatic nitrogens is 2. The van der Waals surface area contributed by atoms with Gasteiger partial charge in [0.25, 0.3) is 0 Å². The Morgan fingerprint density at radius 1 is 1.09 bits per heavy atom. The number of aryl methyl sites for hydroxylation is 1. The van der Waals surface area contributed by atoms with E-state index in [0.29, 0.717) is 33.2 Å². The number of amides is 1. The Labute approximate surface area is 141 Å². The molecule has 3 aromatic rings. The van der Waals surface area contributed by atoms with Crippen LogP contribution < -0.4 is 11.0 Å². The van der Waals surface area contributed by atoms with E-state index in [1.807, 2.05) is 6.07 Å². The fourth-order valence-electron chi connectivity index (χ4n) is 2.32. The van der Waals surface area contributed by atoms with Crippen LogP contribution in [0, 0.1) is 0 Å². The summed E-state index contributed by atoms with van der Waals surface area (Å²) in [5.41, 5.74) is 2.51. The number of aromatic amines is 2. The molecule has 5 nitrogen and oxygen atoms in total. The standard InChI is InChI=1S/C16H13Cl2N3O2/c17-11-3-1-2-9(15(11)18)4-7-14(22)19-10-5-6-12-13(8-10)21-16(23)20-12/h1-3,5-6,8H,4,7H2,(H,19,22)(H2,20,21,23). The highest BCUT2D eigenvalue weighted by atomic mass is 35.5. The molecule has 1 heterocycles. The summed E-state index contributed by atoms with van der Waals surface area (Å²) in [6, 6.07) is 10.5. The SMILES string of the molecule is O=C(CCc1cccc(Cl)c1Cl)Nc1ccc2[nH]c(=O)[nH]c2c1. The molecule has 3 N–H and O–H groups in total. The summed E-state index contributed by atoms with van der Waals surface area (Å²) in [7, 11) is 0. The molecule has 0 fully saturated rings. The molecule has 7 heteroatoms. The van der Waals surface area contributed by atoms with Gasteiger partial charge in [-0.1, -0.05) is 35.3 Å². The van der Waals surface area contributed by atoms with Gasteiger partial charge in [0, 0.05) is 12.1 Å². The number of rotatable bonds is 4. The van der Waals surface area contributed by atoms with Gasteiger partial charge in [-0.15, -0.1) is 0 Å². The van der Waals surface area contributed by atoms with E-state index in [9.17, 15) is 9.59 Å². The summed E-state index contributed by atoms with van der Waals surface area (Å²) in [5, 5.41) is 3.75. The highest BCUT2D eigenvalue weighted by Gasteiger charge is 2.08. The van der Waals surface area contributed by atoms with Crippen molar-refractivity contribution < 1.29 is 4.79 Å². The molecule has 3 rings (SSSR count). The van der Waals surface area contributed by atoms with Crippen molar-refractivity contribution in [2.75, 3.05) is 5.32 Å². The number of anilines is 1. The number of H-pyrrole nitrogens is 2. The first-order valence-corrected chi connectivity index (χ1v) is 7.73. The average Bonchev–Trinajstić information content (AvgIpc) is 2.88. The number of fused-ring (bicyclic) bond motifs is 1. The Hall–Kier alpha value is -2.24. The summed E-state index contributed by atoms with van der Waals surface area (Å²) in [6.45, 7) is 0. The van der Waals surface area contributed by atoms with E-state index >= 15 is 0 Å². The summed E-state index contributed by atoms with van der Waals surface area (Å²) in [6.07, 6.45) is 0.774. The van der Waals surface area contributed by atoms with Crippen molar-refractivity contribution in [3.63, 3.8) is 0 Å². The first-order valence-electron chi connectivity index (χ1n) is 6.98. The van der Waals surface area contributed by atoms with Gasteiger partial charge in [0.1, 0.15) is 0 Å². The third kappa shape index (κ3) is 3.57. The van der Waals surface area contributed by atoms with Crippen molar-refractivity contribution >= 4 is 45.8 Å². The Morgan fingerprint density at radius 2 is 1.87 bits per heavy atom. The third-order valence-electron chi connectivity index (χ3n) is 3.45. The van der Waals surface area contributed by atoms with Crippen LogP contribution >= 0.6 is 23.2 Å². The van der Waals surface area contributed by atoms with Gasteiger partial charge in [0.2, 0.25) is 5.91 Å². The Balaban J connectivity index is 1.66. The second-order valence-electron chi connectivity index (χ2n) is 5.10. The molecule has 0 bridgehead atoms. The molecular weight excluding hydrogens is 337 g/mol. The number of carbonyl (C=O) groups is 1. The van der Waals surface area contributed by atoms with Crippen molar-refractivity contribution in [2.24, 2.45) is 0 Å².